The van der Waals surface area contributed by atoms with Gasteiger partial charge in [0, 0.05) is 134 Å². The first-order chi connectivity index (χ1) is 59.8. The highest BCUT2D eigenvalue weighted by molar-refractivity contribution is 5.78. The molecule has 3 heterocycles. The van der Waals surface area contributed by atoms with E-state index in [-0.39, 0.29) is 120 Å². The van der Waals surface area contributed by atoms with Crippen LogP contribution in [0, 0.1) is 46.8 Å². The summed E-state index contributed by atoms with van der Waals surface area (Å²) in [6.07, 6.45) is 20.1. The van der Waals surface area contributed by atoms with Crippen LogP contribution in [-0.4, -0.2) is 261 Å². The van der Waals surface area contributed by atoms with Gasteiger partial charge in [-0.2, -0.15) is 0 Å². The Morgan fingerprint density at radius 2 is 0.864 bits per heavy atom. The first-order valence-electron chi connectivity index (χ1n) is 46.8. The van der Waals surface area contributed by atoms with Crippen LogP contribution in [0.5, 0.6) is 0 Å². The summed E-state index contributed by atoms with van der Waals surface area (Å²) in [7, 11) is 1.99. The third kappa shape index (κ3) is 36.1. The van der Waals surface area contributed by atoms with E-state index in [1.165, 1.54) is 118 Å². The minimum Gasteiger partial charge on any atom is -0.463 e. The van der Waals surface area contributed by atoms with Gasteiger partial charge in [0.05, 0.1) is 50.7 Å². The van der Waals surface area contributed by atoms with Crippen LogP contribution < -0.4 is 31.9 Å². The van der Waals surface area contributed by atoms with E-state index in [1.54, 1.807) is 5.57 Å². The molecular weight excluding hydrogens is 1620 g/mol. The van der Waals surface area contributed by atoms with E-state index < -0.39 is 109 Å². The van der Waals surface area contributed by atoms with Crippen molar-refractivity contribution in [3.05, 3.63) is 11.6 Å². The summed E-state index contributed by atoms with van der Waals surface area (Å²) in [5.41, 5.74) is 2.08. The van der Waals surface area contributed by atoms with Gasteiger partial charge in [-0.25, -0.2) is 0 Å². The molecule has 7 rings (SSSR count). The van der Waals surface area contributed by atoms with Crippen LogP contribution >= 0.6 is 0 Å². The van der Waals surface area contributed by atoms with Crippen LogP contribution in [-0.2, 0) is 124 Å². The van der Waals surface area contributed by atoms with Crippen molar-refractivity contribution in [1.29, 1.82) is 0 Å². The van der Waals surface area contributed by atoms with Gasteiger partial charge in [0.15, 0.2) is 37.0 Å². The molecule has 712 valence electrons. The number of likely N-dealkylation sites (N-methyl/N-ethyl adjacent to an activating group) is 1. The number of amides is 6. The van der Waals surface area contributed by atoms with Gasteiger partial charge in [-0.15, -0.1) is 0 Å². The van der Waals surface area contributed by atoms with E-state index in [2.05, 4.69) is 70.6 Å². The Morgan fingerprint density at radius 3 is 1.34 bits per heavy atom. The molecule has 13 unspecified atom stereocenters. The van der Waals surface area contributed by atoms with Crippen molar-refractivity contribution in [1.82, 2.24) is 36.8 Å². The second kappa shape index (κ2) is 55.8. The van der Waals surface area contributed by atoms with Crippen LogP contribution in [0.3, 0.4) is 0 Å². The van der Waals surface area contributed by atoms with E-state index >= 15 is 0 Å². The van der Waals surface area contributed by atoms with Gasteiger partial charge in [0.1, 0.15) is 37.5 Å². The second-order valence-corrected chi connectivity index (χ2v) is 36.1. The lowest BCUT2D eigenvalue weighted by atomic mass is 9.49. The molecule has 6 fully saturated rings. The molecule has 3 saturated heterocycles. The zero-order valence-corrected chi connectivity index (χ0v) is 77.2. The number of carbonyl (C=O) groups excluding carboxylic acids is 12. The Morgan fingerprint density at radius 1 is 0.424 bits per heavy atom. The third-order valence-electron chi connectivity index (χ3n) is 25.9. The quantitative estimate of drug-likeness (QED) is 0.0143. The predicted octanol–water partition coefficient (Wildman–Crippen LogP) is 8.96. The Hall–Kier alpha value is -6.98. The molecule has 4 aliphatic carbocycles. The van der Waals surface area contributed by atoms with Crippen molar-refractivity contribution in [3.63, 3.8) is 0 Å². The fourth-order valence-electron chi connectivity index (χ4n) is 19.8. The Bertz CT molecular complexity index is 3400. The molecule has 33 heteroatoms. The number of nitrogens with zero attached hydrogens (tertiary/aromatic N) is 1. The summed E-state index contributed by atoms with van der Waals surface area (Å²) in [5.74, 6) is 0.277. The molecule has 3 aliphatic heterocycles. The minimum atomic E-state index is -1.26. The monoisotopic (exact) mass is 1770 g/mol. The molecular formula is C92H153N7O26. The lowest BCUT2D eigenvalue weighted by Crippen LogP contribution is -2.70. The molecule has 0 spiro atoms. The molecule has 6 N–H and O–H groups in total. The molecule has 125 heavy (non-hydrogen) atoms. The van der Waals surface area contributed by atoms with E-state index in [9.17, 15) is 57.5 Å². The number of carbonyl (C=O) groups is 12. The molecule has 0 radical (unpaired) electrons. The average Bonchev–Trinajstić information content (AvgIpc) is 1.55. The molecule has 6 amide bonds. The largest absolute Gasteiger partial charge is 0.463 e. The molecule has 0 aromatic heterocycles. The zero-order chi connectivity index (χ0) is 91.0. The molecule has 3 saturated carbocycles. The highest BCUT2D eigenvalue weighted by Crippen LogP contribution is 2.64. The highest BCUT2D eigenvalue weighted by atomic mass is 16.7. The van der Waals surface area contributed by atoms with Gasteiger partial charge in [0.2, 0.25) is 35.4 Å². The topological polar surface area (TPSA) is 409 Å². The number of rotatable bonds is 58. The summed E-state index contributed by atoms with van der Waals surface area (Å²) >= 11 is 0. The van der Waals surface area contributed by atoms with Crippen LogP contribution in [0.1, 0.15) is 269 Å². The fourth-order valence-corrected chi connectivity index (χ4v) is 19.8. The summed E-state index contributed by atoms with van der Waals surface area (Å²) in [6.45, 7) is 22.5. The summed E-state index contributed by atoms with van der Waals surface area (Å²) in [5, 5.41) is 16.8. The lowest BCUT2D eigenvalue weighted by molar-refractivity contribution is -0.277. The molecule has 0 bridgehead atoms. The van der Waals surface area contributed by atoms with Crippen molar-refractivity contribution in [2.75, 3.05) is 99.3 Å². The number of ether oxygens (including phenoxy) is 14. The molecule has 33 nitrogen and oxygen atoms in total. The van der Waals surface area contributed by atoms with Crippen LogP contribution in [0.2, 0.25) is 0 Å². The smallest absolute Gasteiger partial charge is 0.303 e. The number of hydrogen-bond acceptors (Lipinski definition) is 27. The Labute approximate surface area is 741 Å². The van der Waals surface area contributed by atoms with Gasteiger partial charge in [-0.3, -0.25) is 62.4 Å². The van der Waals surface area contributed by atoms with Crippen LogP contribution in [0.15, 0.2) is 11.6 Å². The van der Waals surface area contributed by atoms with Gasteiger partial charge >= 0.3 is 35.8 Å². The van der Waals surface area contributed by atoms with E-state index in [4.69, 9.17) is 66.3 Å². The number of allylic oxidation sites excluding steroid dienone is 1. The van der Waals surface area contributed by atoms with E-state index in [1.807, 2.05) is 7.05 Å². The first-order valence-corrected chi connectivity index (χ1v) is 46.8. The van der Waals surface area contributed by atoms with Crippen LogP contribution in [0.4, 0.5) is 0 Å². The summed E-state index contributed by atoms with van der Waals surface area (Å²) < 4.78 is 81.7. The zero-order valence-electron chi connectivity index (χ0n) is 77.2. The number of hydrogen-bond donors (Lipinski definition) is 6. The second-order valence-electron chi connectivity index (χ2n) is 36.1. The Balaban J connectivity index is 0.773. The van der Waals surface area contributed by atoms with Crippen LogP contribution in [0.25, 0.3) is 0 Å². The maximum Gasteiger partial charge on any atom is 0.303 e. The van der Waals surface area contributed by atoms with Crippen molar-refractivity contribution >= 4 is 71.3 Å². The van der Waals surface area contributed by atoms with Gasteiger partial charge in [0.25, 0.3) is 0 Å². The third-order valence-corrected chi connectivity index (χ3v) is 25.9. The van der Waals surface area contributed by atoms with Crippen molar-refractivity contribution in [2.24, 2.45) is 46.8 Å². The van der Waals surface area contributed by atoms with Gasteiger partial charge in [-0.1, -0.05) is 97.1 Å². The van der Waals surface area contributed by atoms with Gasteiger partial charge in [-0.05, 0) is 157 Å². The number of likely N-dealkylation sites (tertiary alicyclic amines) is 1. The predicted molar refractivity (Wildman–Crippen MR) is 460 cm³/mol. The lowest BCUT2D eigenvalue weighted by Gasteiger charge is -2.56. The summed E-state index contributed by atoms with van der Waals surface area (Å²) in [4.78, 5) is 150. The standard InChI is InChI=1S/C92H153N7O26/c1-58(2)29-26-30-59(3)70-35-36-72-71(70)37-38-74-73(72)34-33-68-53-69(39-42-92(68,74)12)114-48-23-19-17-15-14-16-18-22-47-112-54-75-85(115-52-41-82(111)96-46-28-44-94-80(109)32-21-25-50-117-91-84(98-61(5)101)89(123-67(11)107)87(121-65(9)105)78(125-91)57-119-63(7)103)76(99(75)13)55-113-51-40-81(110)95-45-27-43-93-79(108)31-20-24-49-116-90-83(97-60(4)100)88(122-66(10)106)86(120-64(8)104)77(124-90)56-118-62(6)102/h53,58-59,69-78,83-91H,14-52,54-57H2,1-13H3,(H,93,108)(H,94,109)(H,95,110)(H,96,111)(H,97,100)(H,98,101)/t59-,69+,70-,71-,72-,73+,74+,75?,76?,77?,78?,83?,84?,85?,86?,87?,88?,89?,90?,91?,92+/m1/s1. The number of esters is 6. The number of nitrogens with one attached hydrogen (secondary N) is 6. The molecule has 0 aromatic carbocycles. The number of unbranched alkanes of at least 4 members (excludes halogenated alkanes) is 9. The molecule has 7 aliphatic rings. The minimum absolute atomic E-state index is 0.0558. The van der Waals surface area contributed by atoms with Crippen molar-refractivity contribution in [2.45, 2.75) is 355 Å². The molecule has 0 aromatic rings. The van der Waals surface area contributed by atoms with E-state index in [0.717, 1.165) is 108 Å². The van der Waals surface area contributed by atoms with E-state index in [0.29, 0.717) is 83.3 Å². The first kappa shape index (κ1) is 105. The Kier molecular flexibility index (Phi) is 46.9. The molecule has 21 atom stereocenters. The van der Waals surface area contributed by atoms with Gasteiger partial charge < -0.3 is 98.2 Å². The average molecular weight is 1770 g/mol. The SMILES string of the molecule is CC(=O)NC1C(OCCCCC(=O)NCCCNC(=O)CCOCC2C(OCCC(=O)NCCCNC(=O)CCCCOC3OC(COC(C)=O)C(OC(C)=O)C(OC(C)=O)C3NC(C)=O)C(COCCCCCCCCCCO[C@@H]3C=C4CC[C@H]5[C@@H]6CC[C@H]([C@H](C)CCCC(C)C)[C@H]6CC[C@@H]5[C@@]4(C)CC3)N2C)OC(COC(C)=O)C(OC(C)=O)C1OC(C)=O. The summed E-state index contributed by atoms with van der Waals surface area (Å²) in [6, 6.07) is -2.49. The highest BCUT2D eigenvalue weighted by Gasteiger charge is 2.57. The fraction of sp³-hybridized carbons (Fsp3) is 0.848. The normalized spacial score (nSPS) is 28.3. The maximum atomic E-state index is 13.1. The van der Waals surface area contributed by atoms with Crippen molar-refractivity contribution in [3.8, 4) is 0 Å². The number of fused-ring (bicyclic) bond motifs is 5. The van der Waals surface area contributed by atoms with Crippen molar-refractivity contribution < 1.29 is 124 Å². The maximum absolute atomic E-state index is 13.1.